The van der Waals surface area contributed by atoms with E-state index < -0.39 is 23.2 Å². The molecule has 2 aromatic carbocycles. The van der Waals surface area contributed by atoms with E-state index in [1.807, 2.05) is 38.9 Å². The Balaban J connectivity index is 2.38. The van der Waals surface area contributed by atoms with Crippen LogP contribution in [-0.4, -0.2) is 36.5 Å². The molecule has 2 rings (SSSR count). The average Bonchev–Trinajstić information content (AvgIpc) is 2.72. The Morgan fingerprint density at radius 2 is 1.94 bits per heavy atom. The maximum absolute atomic E-state index is 12.9. The van der Waals surface area contributed by atoms with E-state index in [0.29, 0.717) is 28.4 Å². The molecule has 0 bridgehead atoms. The van der Waals surface area contributed by atoms with Crippen LogP contribution in [0.5, 0.6) is 5.75 Å². The second kappa shape index (κ2) is 10.3. The van der Waals surface area contributed by atoms with Crippen LogP contribution in [0.2, 0.25) is 0 Å². The molecule has 0 fully saturated rings. The third kappa shape index (κ3) is 5.75. The minimum Gasteiger partial charge on any atom is -0.476 e. The third-order valence-corrected chi connectivity index (χ3v) is 6.31. The molecule has 0 aliphatic carbocycles. The number of nitrogens with two attached hydrogens (primary N) is 1. The van der Waals surface area contributed by atoms with Crippen LogP contribution < -0.4 is 10.5 Å². The highest BCUT2D eigenvalue weighted by Gasteiger charge is 2.45. The Hall–Kier alpha value is -2.70. The number of nitriles is 1. The zero-order chi connectivity index (χ0) is 24.1. The van der Waals surface area contributed by atoms with Gasteiger partial charge in [0.05, 0.1) is 17.2 Å². The van der Waals surface area contributed by atoms with Gasteiger partial charge in [-0.1, -0.05) is 31.2 Å². The molecule has 0 aliphatic rings. The molecule has 2 unspecified atom stereocenters. The number of primary amides is 1. The Morgan fingerprint density at radius 1 is 1.25 bits per heavy atom. The van der Waals surface area contributed by atoms with Crippen LogP contribution in [0.4, 0.5) is 13.2 Å². The molecule has 2 aromatic rings. The summed E-state index contributed by atoms with van der Waals surface area (Å²) in [4.78, 5) is 15.4. The molecule has 2 N–H and O–H groups in total. The summed E-state index contributed by atoms with van der Waals surface area (Å²) in [7, 11) is 3.67. The smallest absolute Gasteiger partial charge is 0.416 e. The fourth-order valence-corrected chi connectivity index (χ4v) is 4.26. The van der Waals surface area contributed by atoms with Crippen LogP contribution in [0.1, 0.15) is 37.8 Å². The maximum Gasteiger partial charge on any atom is 0.416 e. The number of likely N-dealkylation sites (N-methyl/N-ethyl adjacent to an activating group) is 1. The van der Waals surface area contributed by atoms with Crippen LogP contribution in [-0.2, 0) is 11.0 Å². The quantitative estimate of drug-likeness (QED) is 0.559. The van der Waals surface area contributed by atoms with Crippen molar-refractivity contribution in [2.75, 3.05) is 14.1 Å². The van der Waals surface area contributed by atoms with E-state index in [9.17, 15) is 23.2 Å². The van der Waals surface area contributed by atoms with E-state index in [4.69, 9.17) is 10.5 Å². The van der Waals surface area contributed by atoms with Gasteiger partial charge >= 0.3 is 6.18 Å². The van der Waals surface area contributed by atoms with E-state index >= 15 is 0 Å². The Bertz CT molecular complexity index is 1000. The zero-order valence-corrected chi connectivity index (χ0v) is 19.2. The van der Waals surface area contributed by atoms with E-state index in [1.54, 1.807) is 24.3 Å². The predicted molar refractivity (Wildman–Crippen MR) is 117 cm³/mol. The van der Waals surface area contributed by atoms with Crippen LogP contribution in [0, 0.1) is 11.3 Å². The number of carbonyl (C=O) groups excluding carboxylic acids is 1. The summed E-state index contributed by atoms with van der Waals surface area (Å²) in [6.45, 7) is 3.80. The molecule has 0 aliphatic heterocycles. The zero-order valence-electron chi connectivity index (χ0n) is 18.4. The maximum atomic E-state index is 12.9. The van der Waals surface area contributed by atoms with Crippen molar-refractivity contribution in [3.63, 3.8) is 0 Å². The molecule has 1 amide bonds. The lowest BCUT2D eigenvalue weighted by molar-refractivity contribution is -0.139. The molecule has 0 radical (unpaired) electrons. The molecule has 0 heterocycles. The molecule has 0 saturated heterocycles. The number of hydrogen-bond acceptors (Lipinski definition) is 5. The van der Waals surface area contributed by atoms with Crippen LogP contribution in [0.25, 0.3) is 0 Å². The van der Waals surface area contributed by atoms with Crippen molar-refractivity contribution >= 4 is 17.7 Å². The van der Waals surface area contributed by atoms with Gasteiger partial charge in [0.15, 0.2) is 0 Å². The molecule has 0 saturated carbocycles. The molecule has 5 nitrogen and oxygen atoms in total. The summed E-state index contributed by atoms with van der Waals surface area (Å²) in [5.74, 6) is -0.172. The molecule has 32 heavy (non-hydrogen) atoms. The highest BCUT2D eigenvalue weighted by molar-refractivity contribution is 7.99. The lowest BCUT2D eigenvalue weighted by Gasteiger charge is -2.39. The van der Waals surface area contributed by atoms with Gasteiger partial charge in [0.25, 0.3) is 5.91 Å². The highest BCUT2D eigenvalue weighted by atomic mass is 32.2. The van der Waals surface area contributed by atoms with Crippen molar-refractivity contribution in [1.29, 1.82) is 5.26 Å². The first-order valence-electron chi connectivity index (χ1n) is 9.99. The van der Waals surface area contributed by atoms with Gasteiger partial charge in [-0.05, 0) is 63.8 Å². The van der Waals surface area contributed by atoms with Crippen molar-refractivity contribution in [3.8, 4) is 11.8 Å². The first-order valence-corrected chi connectivity index (χ1v) is 10.8. The second-order valence-electron chi connectivity index (χ2n) is 7.64. The van der Waals surface area contributed by atoms with Crippen molar-refractivity contribution in [3.05, 3.63) is 53.6 Å². The van der Waals surface area contributed by atoms with Crippen molar-refractivity contribution in [2.24, 2.45) is 5.73 Å². The summed E-state index contributed by atoms with van der Waals surface area (Å²) in [5.41, 5.74) is 3.56. The second-order valence-corrected chi connectivity index (χ2v) is 8.76. The number of rotatable bonds is 9. The van der Waals surface area contributed by atoms with Gasteiger partial charge in [-0.25, -0.2) is 0 Å². The Labute approximate surface area is 190 Å². The van der Waals surface area contributed by atoms with E-state index in [-0.39, 0.29) is 11.6 Å². The Kier molecular flexibility index (Phi) is 8.21. The summed E-state index contributed by atoms with van der Waals surface area (Å²) in [6, 6.07) is 11.4. The van der Waals surface area contributed by atoms with E-state index in [2.05, 4.69) is 0 Å². The van der Waals surface area contributed by atoms with Gasteiger partial charge in [0.1, 0.15) is 11.8 Å². The summed E-state index contributed by atoms with van der Waals surface area (Å²) >= 11 is 1.14. The minimum atomic E-state index is -4.52. The summed E-state index contributed by atoms with van der Waals surface area (Å²) in [5, 5.41) is 9.32. The average molecular weight is 466 g/mol. The van der Waals surface area contributed by atoms with Crippen LogP contribution in [0.15, 0.2) is 52.3 Å². The number of nitrogens with zero attached hydrogens (tertiary/aromatic N) is 2. The SMILES string of the molecule is CCCC(Oc1cccc(Sc2ccc(C(F)(F)F)cc2C#N)c1)(C(N)=O)C(C)N(C)C. The fourth-order valence-electron chi connectivity index (χ4n) is 3.33. The van der Waals surface area contributed by atoms with Crippen molar-refractivity contribution < 1.29 is 22.7 Å². The molecule has 172 valence electrons. The number of hydrogen-bond donors (Lipinski definition) is 1. The van der Waals surface area contributed by atoms with E-state index in [0.717, 1.165) is 23.9 Å². The lowest BCUT2D eigenvalue weighted by atomic mass is 9.88. The highest BCUT2D eigenvalue weighted by Crippen LogP contribution is 2.37. The summed E-state index contributed by atoms with van der Waals surface area (Å²) in [6.07, 6.45) is -3.44. The molecular formula is C23H26F3N3O2S. The molecule has 0 spiro atoms. The predicted octanol–water partition coefficient (Wildman–Crippen LogP) is 5.08. The fraction of sp³-hybridized carbons (Fsp3) is 0.391. The first kappa shape index (κ1) is 25.6. The van der Waals surface area contributed by atoms with Gasteiger partial charge in [0, 0.05) is 9.79 Å². The van der Waals surface area contributed by atoms with Gasteiger partial charge < -0.3 is 15.4 Å². The van der Waals surface area contributed by atoms with Crippen molar-refractivity contribution in [1.82, 2.24) is 4.90 Å². The van der Waals surface area contributed by atoms with Crippen molar-refractivity contribution in [2.45, 2.75) is 54.3 Å². The first-order chi connectivity index (χ1) is 14.9. The molecule has 9 heteroatoms. The normalized spacial score (nSPS) is 14.5. The number of ether oxygens (including phenoxy) is 1. The number of benzene rings is 2. The largest absolute Gasteiger partial charge is 0.476 e. The van der Waals surface area contributed by atoms with Gasteiger partial charge in [-0.3, -0.25) is 4.79 Å². The number of alkyl halides is 3. The van der Waals surface area contributed by atoms with Crippen LogP contribution >= 0.6 is 11.8 Å². The topological polar surface area (TPSA) is 79.3 Å². The van der Waals surface area contributed by atoms with Gasteiger partial charge in [-0.2, -0.15) is 18.4 Å². The number of carbonyl (C=O) groups is 1. The van der Waals surface area contributed by atoms with Gasteiger partial charge in [-0.15, -0.1) is 0 Å². The number of halogens is 3. The summed E-state index contributed by atoms with van der Waals surface area (Å²) < 4.78 is 45.0. The molecule has 0 aromatic heterocycles. The van der Waals surface area contributed by atoms with Gasteiger partial charge in [0.2, 0.25) is 5.60 Å². The lowest BCUT2D eigenvalue weighted by Crippen LogP contribution is -2.60. The monoisotopic (exact) mass is 465 g/mol. The standard InChI is InChI=1S/C23H26F3N3O2S/c1-5-11-22(21(28)30,15(2)29(3)4)31-18-7-6-8-19(13-18)32-20-10-9-17(23(24,25)26)12-16(20)14-27/h6-10,12-13,15H,5,11H2,1-4H3,(H2,28,30). The third-order valence-electron chi connectivity index (χ3n) is 5.25. The molecular weight excluding hydrogens is 439 g/mol. The minimum absolute atomic E-state index is 0.0742. The molecule has 2 atom stereocenters. The van der Waals surface area contributed by atoms with E-state index in [1.165, 1.54) is 6.07 Å². The van der Waals surface area contributed by atoms with Crippen LogP contribution in [0.3, 0.4) is 0 Å². The number of amides is 1. The Morgan fingerprint density at radius 3 is 2.47 bits per heavy atom.